The number of guanidine groups is 1. The molecule has 0 saturated heterocycles. The van der Waals surface area contributed by atoms with E-state index in [1.54, 1.807) is 0 Å². The molecule has 0 fully saturated rings. The van der Waals surface area contributed by atoms with Crippen molar-refractivity contribution in [1.82, 2.24) is 20.2 Å². The molecule has 1 heterocycles. The molecule has 0 aliphatic carbocycles. The van der Waals surface area contributed by atoms with E-state index >= 15 is 0 Å². The maximum atomic E-state index is 4.61. The Kier molecular flexibility index (Phi) is 9.33. The Morgan fingerprint density at radius 2 is 2.10 bits per heavy atom. The fourth-order valence-corrected chi connectivity index (χ4v) is 2.09. The van der Waals surface area contributed by atoms with Gasteiger partial charge in [0, 0.05) is 38.6 Å². The Balaban J connectivity index is 2.16. The summed E-state index contributed by atoms with van der Waals surface area (Å²) in [5.41, 5.74) is 0. The molecule has 0 aliphatic heterocycles. The van der Waals surface area contributed by atoms with Crippen LogP contribution in [-0.4, -0.2) is 35.1 Å². The van der Waals surface area contributed by atoms with Gasteiger partial charge in [0.15, 0.2) is 5.96 Å². The van der Waals surface area contributed by atoms with E-state index in [9.17, 15) is 0 Å². The molecule has 0 aromatic carbocycles. The Bertz CT molecular complexity index is 370. The SMILES string of the molecule is CCNC(=NCCCn1ccnc1)NCCCCC(C)C. The van der Waals surface area contributed by atoms with Crippen LogP contribution in [-0.2, 0) is 6.54 Å². The van der Waals surface area contributed by atoms with E-state index in [2.05, 4.69) is 45.9 Å². The number of aryl methyl sites for hydroxylation is 1. The third-order valence-corrected chi connectivity index (χ3v) is 3.25. The van der Waals surface area contributed by atoms with Crippen molar-refractivity contribution in [3.05, 3.63) is 18.7 Å². The zero-order valence-electron chi connectivity index (χ0n) is 13.8. The Labute approximate surface area is 129 Å². The average molecular weight is 293 g/mol. The van der Waals surface area contributed by atoms with E-state index in [0.717, 1.165) is 44.5 Å². The Morgan fingerprint density at radius 3 is 2.76 bits per heavy atom. The summed E-state index contributed by atoms with van der Waals surface area (Å²) >= 11 is 0. The second-order valence-electron chi connectivity index (χ2n) is 5.73. The minimum atomic E-state index is 0.801. The maximum absolute atomic E-state index is 4.61. The summed E-state index contributed by atoms with van der Waals surface area (Å²) in [4.78, 5) is 8.64. The smallest absolute Gasteiger partial charge is 0.191 e. The third kappa shape index (κ3) is 9.10. The lowest BCUT2D eigenvalue weighted by atomic mass is 10.1. The molecular formula is C16H31N5. The molecule has 1 aromatic rings. The molecular weight excluding hydrogens is 262 g/mol. The molecule has 0 unspecified atom stereocenters. The van der Waals surface area contributed by atoms with Crippen molar-refractivity contribution in [1.29, 1.82) is 0 Å². The number of nitrogens with zero attached hydrogens (tertiary/aromatic N) is 3. The number of imidazole rings is 1. The van der Waals surface area contributed by atoms with E-state index in [0.29, 0.717) is 0 Å². The number of rotatable bonds is 10. The molecule has 0 amide bonds. The van der Waals surface area contributed by atoms with Crippen molar-refractivity contribution in [2.75, 3.05) is 19.6 Å². The first-order chi connectivity index (χ1) is 10.2. The summed E-state index contributed by atoms with van der Waals surface area (Å²) in [5, 5.41) is 6.70. The maximum Gasteiger partial charge on any atom is 0.191 e. The molecule has 1 rings (SSSR count). The van der Waals surface area contributed by atoms with Gasteiger partial charge in [-0.15, -0.1) is 0 Å². The van der Waals surface area contributed by atoms with Crippen LogP contribution in [0.25, 0.3) is 0 Å². The lowest BCUT2D eigenvalue weighted by molar-refractivity contribution is 0.534. The van der Waals surface area contributed by atoms with Crippen LogP contribution < -0.4 is 10.6 Å². The highest BCUT2D eigenvalue weighted by Crippen LogP contribution is 2.04. The fraction of sp³-hybridized carbons (Fsp3) is 0.750. The van der Waals surface area contributed by atoms with Gasteiger partial charge in [0.1, 0.15) is 0 Å². The molecule has 0 aliphatic rings. The van der Waals surface area contributed by atoms with Gasteiger partial charge in [0.25, 0.3) is 0 Å². The second kappa shape index (κ2) is 11.2. The Morgan fingerprint density at radius 1 is 1.24 bits per heavy atom. The van der Waals surface area contributed by atoms with Gasteiger partial charge in [0.2, 0.25) is 0 Å². The van der Waals surface area contributed by atoms with E-state index < -0.39 is 0 Å². The highest BCUT2D eigenvalue weighted by molar-refractivity contribution is 5.79. The summed E-state index contributed by atoms with van der Waals surface area (Å²) in [5.74, 6) is 1.74. The van der Waals surface area contributed by atoms with Crippen molar-refractivity contribution >= 4 is 5.96 Å². The predicted molar refractivity (Wildman–Crippen MR) is 89.5 cm³/mol. The molecule has 0 spiro atoms. The molecule has 120 valence electrons. The van der Waals surface area contributed by atoms with Gasteiger partial charge in [-0.1, -0.05) is 26.7 Å². The minimum Gasteiger partial charge on any atom is -0.357 e. The molecule has 1 aromatic heterocycles. The van der Waals surface area contributed by atoms with E-state index in [1.165, 1.54) is 19.3 Å². The molecule has 0 bridgehead atoms. The van der Waals surface area contributed by atoms with Gasteiger partial charge in [-0.2, -0.15) is 0 Å². The van der Waals surface area contributed by atoms with Gasteiger partial charge >= 0.3 is 0 Å². The fourth-order valence-electron chi connectivity index (χ4n) is 2.09. The molecule has 0 atom stereocenters. The summed E-state index contributed by atoms with van der Waals surface area (Å²) < 4.78 is 2.09. The number of unbranched alkanes of at least 4 members (excludes halogenated alkanes) is 1. The summed E-state index contributed by atoms with van der Waals surface area (Å²) in [7, 11) is 0. The standard InChI is InChI=1S/C16H31N5/c1-4-18-16(19-9-6-5-8-15(2)3)20-10-7-12-21-13-11-17-14-21/h11,13-15H,4-10,12H2,1-3H3,(H2,18,19,20). The first-order valence-electron chi connectivity index (χ1n) is 8.20. The van der Waals surface area contributed by atoms with Crippen LogP contribution >= 0.6 is 0 Å². The third-order valence-electron chi connectivity index (χ3n) is 3.25. The average Bonchev–Trinajstić information content (AvgIpc) is 2.96. The monoisotopic (exact) mass is 293 g/mol. The van der Waals surface area contributed by atoms with Crippen LogP contribution in [0.1, 0.15) is 46.5 Å². The van der Waals surface area contributed by atoms with Gasteiger partial charge < -0.3 is 15.2 Å². The first kappa shape index (κ1) is 17.5. The molecule has 0 saturated carbocycles. The number of aromatic nitrogens is 2. The van der Waals surface area contributed by atoms with Crippen molar-refractivity contribution in [3.63, 3.8) is 0 Å². The van der Waals surface area contributed by atoms with Crippen LogP contribution in [0.2, 0.25) is 0 Å². The quantitative estimate of drug-likeness (QED) is 0.396. The van der Waals surface area contributed by atoms with Crippen molar-refractivity contribution in [2.24, 2.45) is 10.9 Å². The molecule has 0 radical (unpaired) electrons. The number of aliphatic imine (C=N–C) groups is 1. The molecule has 2 N–H and O–H groups in total. The summed E-state index contributed by atoms with van der Waals surface area (Å²) in [6.45, 7) is 10.4. The van der Waals surface area contributed by atoms with Crippen LogP contribution in [0.3, 0.4) is 0 Å². The predicted octanol–water partition coefficient (Wildman–Crippen LogP) is 2.65. The number of hydrogen-bond donors (Lipinski definition) is 2. The Hall–Kier alpha value is -1.52. The highest BCUT2D eigenvalue weighted by atomic mass is 15.2. The summed E-state index contributed by atoms with van der Waals surface area (Å²) in [6, 6.07) is 0. The van der Waals surface area contributed by atoms with Gasteiger partial charge in [-0.3, -0.25) is 4.99 Å². The van der Waals surface area contributed by atoms with Gasteiger partial charge in [-0.25, -0.2) is 4.98 Å². The molecule has 21 heavy (non-hydrogen) atoms. The second-order valence-corrected chi connectivity index (χ2v) is 5.73. The van der Waals surface area contributed by atoms with E-state index in [1.807, 2.05) is 18.7 Å². The van der Waals surface area contributed by atoms with Crippen molar-refractivity contribution in [2.45, 2.75) is 53.0 Å². The van der Waals surface area contributed by atoms with Crippen LogP contribution in [0.5, 0.6) is 0 Å². The van der Waals surface area contributed by atoms with E-state index in [-0.39, 0.29) is 0 Å². The van der Waals surface area contributed by atoms with Gasteiger partial charge in [0.05, 0.1) is 6.33 Å². The van der Waals surface area contributed by atoms with Crippen molar-refractivity contribution in [3.8, 4) is 0 Å². The lowest BCUT2D eigenvalue weighted by Crippen LogP contribution is -2.37. The topological polar surface area (TPSA) is 54.2 Å². The van der Waals surface area contributed by atoms with Crippen LogP contribution in [0.15, 0.2) is 23.7 Å². The van der Waals surface area contributed by atoms with Crippen molar-refractivity contribution < 1.29 is 0 Å². The number of hydrogen-bond acceptors (Lipinski definition) is 2. The largest absolute Gasteiger partial charge is 0.357 e. The normalized spacial score (nSPS) is 11.9. The first-order valence-corrected chi connectivity index (χ1v) is 8.20. The molecule has 5 heteroatoms. The lowest BCUT2D eigenvalue weighted by Gasteiger charge is -2.11. The number of nitrogens with one attached hydrogen (secondary N) is 2. The zero-order valence-corrected chi connectivity index (χ0v) is 13.8. The molecule has 5 nitrogen and oxygen atoms in total. The van der Waals surface area contributed by atoms with Crippen LogP contribution in [0.4, 0.5) is 0 Å². The summed E-state index contributed by atoms with van der Waals surface area (Å²) in [6.07, 6.45) is 10.5. The van der Waals surface area contributed by atoms with Gasteiger partial charge in [-0.05, 0) is 25.7 Å². The zero-order chi connectivity index (χ0) is 15.3. The highest BCUT2D eigenvalue weighted by Gasteiger charge is 1.98. The van der Waals surface area contributed by atoms with Crippen LogP contribution in [0, 0.1) is 5.92 Å². The minimum absolute atomic E-state index is 0.801. The van der Waals surface area contributed by atoms with E-state index in [4.69, 9.17) is 0 Å².